The number of likely N-dealkylation sites (tertiary alicyclic amines) is 1. The maximum atomic E-state index is 12.2. The van der Waals surface area contributed by atoms with E-state index in [1.165, 1.54) is 4.90 Å². The molecule has 0 saturated carbocycles. The van der Waals surface area contributed by atoms with Crippen LogP contribution in [-0.4, -0.2) is 45.1 Å². The molecular formula is C12H17N3O4. The smallest absolute Gasteiger partial charge is 0.311 e. The number of carbonyl (C=O) groups is 2. The molecule has 1 atom stereocenters. The molecule has 1 N–H and O–H groups in total. The van der Waals surface area contributed by atoms with Gasteiger partial charge in [-0.25, -0.2) is 0 Å². The maximum absolute atomic E-state index is 12.2. The Labute approximate surface area is 110 Å². The van der Waals surface area contributed by atoms with Crippen LogP contribution in [0.1, 0.15) is 42.7 Å². The topological polar surface area (TPSA) is 96.5 Å². The number of amides is 1. The highest BCUT2D eigenvalue weighted by Gasteiger charge is 2.42. The van der Waals surface area contributed by atoms with E-state index in [1.807, 2.05) is 6.92 Å². The fourth-order valence-electron chi connectivity index (χ4n) is 2.45. The minimum atomic E-state index is -0.854. The molecule has 7 nitrogen and oxygen atoms in total. The number of aryl methyl sites for hydroxylation is 1. The van der Waals surface area contributed by atoms with Crippen LogP contribution in [0.4, 0.5) is 0 Å². The first kappa shape index (κ1) is 13.5. The number of carbonyl (C=O) groups excluding carboxylic acids is 1. The first-order valence-electron chi connectivity index (χ1n) is 6.31. The zero-order chi connectivity index (χ0) is 14.0. The van der Waals surface area contributed by atoms with Gasteiger partial charge < -0.3 is 14.5 Å². The monoisotopic (exact) mass is 267 g/mol. The van der Waals surface area contributed by atoms with Crippen LogP contribution in [0, 0.1) is 12.3 Å². The van der Waals surface area contributed by atoms with E-state index >= 15 is 0 Å². The van der Waals surface area contributed by atoms with Crippen LogP contribution in [0.15, 0.2) is 4.52 Å². The lowest BCUT2D eigenvalue weighted by atomic mass is 9.77. The fraction of sp³-hybridized carbons (Fsp3) is 0.667. The minimum Gasteiger partial charge on any atom is -0.481 e. The molecule has 2 heterocycles. The third kappa shape index (κ3) is 2.45. The van der Waals surface area contributed by atoms with Crippen molar-refractivity contribution in [3.05, 3.63) is 11.7 Å². The van der Waals surface area contributed by atoms with Gasteiger partial charge in [-0.15, -0.1) is 0 Å². The van der Waals surface area contributed by atoms with Crippen LogP contribution in [0.25, 0.3) is 0 Å². The van der Waals surface area contributed by atoms with Crippen molar-refractivity contribution in [3.8, 4) is 0 Å². The molecule has 1 aromatic rings. The van der Waals surface area contributed by atoms with Gasteiger partial charge in [0.25, 0.3) is 11.7 Å². The molecule has 1 aromatic heterocycles. The van der Waals surface area contributed by atoms with E-state index in [4.69, 9.17) is 4.52 Å². The average Bonchev–Trinajstić information content (AvgIpc) is 2.84. The van der Waals surface area contributed by atoms with E-state index in [0.717, 1.165) is 0 Å². The van der Waals surface area contributed by atoms with Gasteiger partial charge in [-0.2, -0.15) is 4.98 Å². The molecule has 1 aliphatic rings. The molecule has 0 spiro atoms. The molecule has 104 valence electrons. The lowest BCUT2D eigenvalue weighted by molar-refractivity contribution is -0.152. The lowest BCUT2D eigenvalue weighted by Gasteiger charge is -2.38. The third-order valence-corrected chi connectivity index (χ3v) is 3.71. The molecular weight excluding hydrogens is 250 g/mol. The van der Waals surface area contributed by atoms with Gasteiger partial charge in [0.05, 0.1) is 5.41 Å². The predicted molar refractivity (Wildman–Crippen MR) is 64.5 cm³/mol. The third-order valence-electron chi connectivity index (χ3n) is 3.71. The Kier molecular flexibility index (Phi) is 3.55. The van der Waals surface area contributed by atoms with Crippen molar-refractivity contribution >= 4 is 11.9 Å². The summed E-state index contributed by atoms with van der Waals surface area (Å²) in [7, 11) is 0. The molecule has 0 bridgehead atoms. The molecule has 1 saturated heterocycles. The van der Waals surface area contributed by atoms with E-state index < -0.39 is 11.4 Å². The highest BCUT2D eigenvalue weighted by molar-refractivity contribution is 5.91. The Morgan fingerprint density at radius 1 is 1.53 bits per heavy atom. The summed E-state index contributed by atoms with van der Waals surface area (Å²) >= 11 is 0. The van der Waals surface area contributed by atoms with Gasteiger partial charge in [0.15, 0.2) is 0 Å². The number of aliphatic carboxylic acids is 1. The summed E-state index contributed by atoms with van der Waals surface area (Å²) in [6, 6.07) is 0. The summed E-state index contributed by atoms with van der Waals surface area (Å²) < 4.78 is 4.78. The minimum absolute atomic E-state index is 0.00482. The number of hydrogen-bond donors (Lipinski definition) is 1. The number of hydrogen-bond acceptors (Lipinski definition) is 5. The van der Waals surface area contributed by atoms with Gasteiger partial charge in [0.1, 0.15) is 0 Å². The lowest BCUT2D eigenvalue weighted by Crippen LogP contribution is -2.49. The summed E-state index contributed by atoms with van der Waals surface area (Å²) in [6.07, 6.45) is 1.76. The normalized spacial score (nSPS) is 23.4. The number of carboxylic acid groups (broad SMARTS) is 1. The molecule has 0 aliphatic carbocycles. The van der Waals surface area contributed by atoms with Crippen LogP contribution in [0.3, 0.4) is 0 Å². The zero-order valence-electron chi connectivity index (χ0n) is 11.0. The van der Waals surface area contributed by atoms with E-state index in [-0.39, 0.29) is 18.3 Å². The summed E-state index contributed by atoms with van der Waals surface area (Å²) in [5.41, 5.74) is -0.854. The van der Waals surface area contributed by atoms with Crippen molar-refractivity contribution in [3.63, 3.8) is 0 Å². The summed E-state index contributed by atoms with van der Waals surface area (Å²) in [4.78, 5) is 29.0. The fourth-order valence-corrected chi connectivity index (χ4v) is 2.45. The second kappa shape index (κ2) is 4.99. The van der Waals surface area contributed by atoms with Crippen LogP contribution in [0.2, 0.25) is 0 Å². The Bertz CT molecular complexity index is 499. The Balaban J connectivity index is 2.17. The largest absolute Gasteiger partial charge is 0.481 e. The Hall–Kier alpha value is -1.92. The molecule has 0 radical (unpaired) electrons. The maximum Gasteiger partial charge on any atom is 0.311 e. The van der Waals surface area contributed by atoms with Gasteiger partial charge >= 0.3 is 5.97 Å². The number of rotatable bonds is 3. The molecule has 1 amide bonds. The molecule has 1 unspecified atom stereocenters. The first-order valence-corrected chi connectivity index (χ1v) is 6.31. The van der Waals surface area contributed by atoms with Gasteiger partial charge in [0.2, 0.25) is 5.89 Å². The van der Waals surface area contributed by atoms with Gasteiger partial charge in [0, 0.05) is 20.0 Å². The van der Waals surface area contributed by atoms with E-state index in [1.54, 1.807) is 6.92 Å². The molecule has 7 heteroatoms. The van der Waals surface area contributed by atoms with E-state index in [0.29, 0.717) is 31.7 Å². The standard InChI is InChI=1S/C12H17N3O4/c1-3-12(11(17)18)5-4-6-15(7-12)10(16)9-13-8(2)19-14-9/h3-7H2,1-2H3,(H,17,18). The van der Waals surface area contributed by atoms with Crippen LogP contribution < -0.4 is 0 Å². The van der Waals surface area contributed by atoms with Gasteiger partial charge in [-0.3, -0.25) is 9.59 Å². The quantitative estimate of drug-likeness (QED) is 0.880. The summed E-state index contributed by atoms with van der Waals surface area (Å²) in [5.74, 6) is -0.900. The second-order valence-electron chi connectivity index (χ2n) is 4.91. The summed E-state index contributed by atoms with van der Waals surface area (Å²) in [5, 5.41) is 13.0. The highest BCUT2D eigenvalue weighted by atomic mass is 16.5. The Morgan fingerprint density at radius 2 is 2.26 bits per heavy atom. The number of aromatic nitrogens is 2. The highest BCUT2D eigenvalue weighted by Crippen LogP contribution is 2.34. The number of nitrogens with zero attached hydrogens (tertiary/aromatic N) is 3. The van der Waals surface area contributed by atoms with Crippen molar-refractivity contribution < 1.29 is 19.2 Å². The average molecular weight is 267 g/mol. The van der Waals surface area contributed by atoms with Gasteiger partial charge in [-0.1, -0.05) is 12.1 Å². The second-order valence-corrected chi connectivity index (χ2v) is 4.91. The zero-order valence-corrected chi connectivity index (χ0v) is 11.0. The molecule has 0 aromatic carbocycles. The van der Waals surface area contributed by atoms with Crippen molar-refractivity contribution in [2.24, 2.45) is 5.41 Å². The van der Waals surface area contributed by atoms with Crippen LogP contribution in [-0.2, 0) is 4.79 Å². The number of carboxylic acids is 1. The van der Waals surface area contributed by atoms with Crippen molar-refractivity contribution in [1.29, 1.82) is 0 Å². The Morgan fingerprint density at radius 3 is 2.79 bits per heavy atom. The number of piperidine rings is 1. The predicted octanol–water partition coefficient (Wildman–Crippen LogP) is 1.10. The van der Waals surface area contributed by atoms with E-state index in [2.05, 4.69) is 10.1 Å². The van der Waals surface area contributed by atoms with Crippen molar-refractivity contribution in [2.45, 2.75) is 33.1 Å². The molecule has 1 fully saturated rings. The SMILES string of the molecule is CCC1(C(=O)O)CCCN(C(=O)c2noc(C)n2)C1. The summed E-state index contributed by atoms with van der Waals surface area (Å²) in [6.45, 7) is 4.17. The van der Waals surface area contributed by atoms with Crippen LogP contribution in [0.5, 0.6) is 0 Å². The first-order chi connectivity index (χ1) is 8.98. The van der Waals surface area contributed by atoms with Crippen molar-refractivity contribution in [2.75, 3.05) is 13.1 Å². The molecule has 2 rings (SSSR count). The molecule has 19 heavy (non-hydrogen) atoms. The van der Waals surface area contributed by atoms with E-state index in [9.17, 15) is 14.7 Å². The van der Waals surface area contributed by atoms with Gasteiger partial charge in [-0.05, 0) is 19.3 Å². The molecule has 1 aliphatic heterocycles. The van der Waals surface area contributed by atoms with Crippen molar-refractivity contribution in [1.82, 2.24) is 15.0 Å². The van der Waals surface area contributed by atoms with Crippen LogP contribution >= 0.6 is 0 Å².